The van der Waals surface area contributed by atoms with E-state index in [1.807, 2.05) is 56.3 Å². The number of aliphatic imine (C=N–C) groups is 1. The first-order valence-corrected chi connectivity index (χ1v) is 10.4. The number of carbonyl (C=O) groups excluding carboxylic acids is 2. The summed E-state index contributed by atoms with van der Waals surface area (Å²) in [6.45, 7) is 7.88. The molecule has 0 atom stereocenters. The molecule has 2 aromatic rings. The molecule has 4 rings (SSSR count). The molecule has 0 bridgehead atoms. The normalized spacial score (nSPS) is 18.2. The molecule has 2 N–H and O–H groups in total. The fraction of sp³-hybridized carbons (Fsp3) is 0.375. The van der Waals surface area contributed by atoms with E-state index in [0.29, 0.717) is 38.2 Å². The lowest BCUT2D eigenvalue weighted by molar-refractivity contribution is -0.119. The third-order valence-corrected chi connectivity index (χ3v) is 6.05. The van der Waals surface area contributed by atoms with E-state index in [2.05, 4.69) is 22.5 Å². The Morgan fingerprint density at radius 2 is 1.77 bits per heavy atom. The first-order valence-electron chi connectivity index (χ1n) is 10.4. The van der Waals surface area contributed by atoms with Crippen molar-refractivity contribution in [1.29, 1.82) is 0 Å². The number of nitrogens with zero attached hydrogens (tertiary/aromatic N) is 2. The summed E-state index contributed by atoms with van der Waals surface area (Å²) in [5.41, 5.74) is 5.16. The van der Waals surface area contributed by atoms with Gasteiger partial charge in [-0.2, -0.15) is 0 Å². The zero-order valence-electron chi connectivity index (χ0n) is 17.8. The van der Waals surface area contributed by atoms with Gasteiger partial charge in [-0.25, -0.2) is 0 Å². The van der Waals surface area contributed by atoms with Gasteiger partial charge in [0.05, 0.1) is 6.54 Å². The topological polar surface area (TPSA) is 73.8 Å². The van der Waals surface area contributed by atoms with E-state index in [9.17, 15) is 9.59 Å². The van der Waals surface area contributed by atoms with Gasteiger partial charge in [-0.1, -0.05) is 35.9 Å². The number of rotatable bonds is 4. The number of aryl methyl sites for hydroxylation is 3. The minimum atomic E-state index is -0.543. The first-order chi connectivity index (χ1) is 14.3. The summed E-state index contributed by atoms with van der Waals surface area (Å²) in [7, 11) is 0. The Bertz CT molecular complexity index is 1000. The van der Waals surface area contributed by atoms with Crippen LogP contribution in [0, 0.1) is 20.8 Å². The number of hydrogen-bond acceptors (Lipinski definition) is 4. The third-order valence-electron chi connectivity index (χ3n) is 6.05. The summed E-state index contributed by atoms with van der Waals surface area (Å²) < 4.78 is 0. The number of likely N-dealkylation sites (tertiary alicyclic amines) is 1. The molecule has 0 saturated carbocycles. The van der Waals surface area contributed by atoms with Gasteiger partial charge in [0.15, 0.2) is 0 Å². The van der Waals surface area contributed by atoms with E-state index in [0.717, 1.165) is 22.4 Å². The molecule has 0 unspecified atom stereocenters. The van der Waals surface area contributed by atoms with Gasteiger partial charge < -0.3 is 10.6 Å². The Balaban J connectivity index is 1.35. The highest BCUT2D eigenvalue weighted by atomic mass is 16.2. The average molecular weight is 405 g/mol. The lowest BCUT2D eigenvalue weighted by Gasteiger charge is -2.36. The Hall–Kier alpha value is -2.99. The summed E-state index contributed by atoms with van der Waals surface area (Å²) in [5, 5.41) is 6.07. The van der Waals surface area contributed by atoms with E-state index in [4.69, 9.17) is 4.99 Å². The Labute approximate surface area is 177 Å². The Kier molecular flexibility index (Phi) is 5.43. The number of hydrogen-bond donors (Lipinski definition) is 2. The molecule has 0 aromatic heterocycles. The van der Waals surface area contributed by atoms with Crippen molar-refractivity contribution in [3.8, 4) is 0 Å². The molecule has 1 spiro atoms. The summed E-state index contributed by atoms with van der Waals surface area (Å²) in [6.07, 6.45) is 1.40. The SMILES string of the molecule is Cc1ccc(C2=NC3(CCN(CC(=O)Nc4ccc(C)c(C)c4)CC3)NC2=O)cc1. The first kappa shape index (κ1) is 20.3. The third kappa shape index (κ3) is 4.28. The van der Waals surface area contributed by atoms with Gasteiger partial charge in [0.25, 0.3) is 5.91 Å². The van der Waals surface area contributed by atoms with Crippen LogP contribution < -0.4 is 10.6 Å². The largest absolute Gasteiger partial charge is 0.326 e. The van der Waals surface area contributed by atoms with Crippen molar-refractivity contribution in [1.82, 2.24) is 10.2 Å². The zero-order chi connectivity index (χ0) is 21.3. The van der Waals surface area contributed by atoms with Crippen LogP contribution in [0.15, 0.2) is 47.5 Å². The maximum absolute atomic E-state index is 12.5. The Morgan fingerprint density at radius 1 is 1.07 bits per heavy atom. The van der Waals surface area contributed by atoms with Gasteiger partial charge >= 0.3 is 0 Å². The maximum Gasteiger partial charge on any atom is 0.272 e. The summed E-state index contributed by atoms with van der Waals surface area (Å²) >= 11 is 0. The molecule has 2 aliphatic heterocycles. The van der Waals surface area contributed by atoms with Crippen molar-refractivity contribution in [2.75, 3.05) is 25.0 Å². The molecule has 30 heavy (non-hydrogen) atoms. The lowest BCUT2D eigenvalue weighted by atomic mass is 9.98. The number of benzene rings is 2. The van der Waals surface area contributed by atoms with E-state index in [1.54, 1.807) is 0 Å². The summed E-state index contributed by atoms with van der Waals surface area (Å²) in [4.78, 5) is 31.9. The van der Waals surface area contributed by atoms with Crippen LogP contribution in [0.25, 0.3) is 0 Å². The van der Waals surface area contributed by atoms with Crippen LogP contribution in [0.1, 0.15) is 35.1 Å². The second-order valence-electron chi connectivity index (χ2n) is 8.44. The second-order valence-corrected chi connectivity index (χ2v) is 8.44. The van der Waals surface area contributed by atoms with Crippen molar-refractivity contribution in [2.45, 2.75) is 39.3 Å². The van der Waals surface area contributed by atoms with Crippen LogP contribution in [-0.4, -0.2) is 47.7 Å². The van der Waals surface area contributed by atoms with Crippen molar-refractivity contribution in [3.63, 3.8) is 0 Å². The molecule has 2 heterocycles. The molecule has 156 valence electrons. The molecule has 6 nitrogen and oxygen atoms in total. The van der Waals surface area contributed by atoms with Crippen molar-refractivity contribution >= 4 is 23.2 Å². The van der Waals surface area contributed by atoms with Crippen molar-refractivity contribution < 1.29 is 9.59 Å². The molecule has 2 amide bonds. The highest BCUT2D eigenvalue weighted by Gasteiger charge is 2.42. The molecule has 2 aromatic carbocycles. The lowest BCUT2D eigenvalue weighted by Crippen LogP contribution is -2.52. The Morgan fingerprint density at radius 3 is 2.43 bits per heavy atom. The minimum absolute atomic E-state index is 0.0199. The summed E-state index contributed by atoms with van der Waals surface area (Å²) in [6, 6.07) is 13.8. The number of nitrogens with one attached hydrogen (secondary N) is 2. The second kappa shape index (κ2) is 8.03. The van der Waals surface area contributed by atoms with Crippen molar-refractivity contribution in [2.24, 2.45) is 4.99 Å². The number of amides is 2. The van der Waals surface area contributed by atoms with E-state index >= 15 is 0 Å². The average Bonchev–Trinajstić information content (AvgIpc) is 3.03. The predicted octanol–water partition coefficient (Wildman–Crippen LogP) is 2.96. The van der Waals surface area contributed by atoms with Crippen LogP contribution in [0.4, 0.5) is 5.69 Å². The molecule has 6 heteroatoms. The fourth-order valence-corrected chi connectivity index (χ4v) is 4.01. The number of anilines is 1. The molecule has 2 aliphatic rings. The van der Waals surface area contributed by atoms with Gasteiger partial charge in [-0.3, -0.25) is 19.5 Å². The number of carbonyl (C=O) groups is 2. The highest BCUT2D eigenvalue weighted by molar-refractivity contribution is 6.46. The minimum Gasteiger partial charge on any atom is -0.326 e. The van der Waals surface area contributed by atoms with Crippen molar-refractivity contribution in [3.05, 3.63) is 64.7 Å². The van der Waals surface area contributed by atoms with Gasteiger partial charge in [0.1, 0.15) is 11.4 Å². The predicted molar refractivity (Wildman–Crippen MR) is 119 cm³/mol. The highest BCUT2D eigenvalue weighted by Crippen LogP contribution is 2.29. The summed E-state index contributed by atoms with van der Waals surface area (Å²) in [5.74, 6) is -0.131. The molecule has 0 radical (unpaired) electrons. The smallest absolute Gasteiger partial charge is 0.272 e. The zero-order valence-corrected chi connectivity index (χ0v) is 17.8. The van der Waals surface area contributed by atoms with E-state index in [-0.39, 0.29) is 11.8 Å². The molecule has 1 fully saturated rings. The van der Waals surface area contributed by atoms with Gasteiger partial charge in [0, 0.05) is 37.2 Å². The molecule has 1 saturated heterocycles. The van der Waals surface area contributed by atoms with Crippen LogP contribution in [0.3, 0.4) is 0 Å². The van der Waals surface area contributed by atoms with Gasteiger partial charge in [-0.05, 0) is 44.0 Å². The number of piperidine rings is 1. The van der Waals surface area contributed by atoms with E-state index < -0.39 is 5.66 Å². The molecular weight excluding hydrogens is 376 g/mol. The van der Waals surface area contributed by atoms with Crippen LogP contribution >= 0.6 is 0 Å². The maximum atomic E-state index is 12.5. The van der Waals surface area contributed by atoms with E-state index in [1.165, 1.54) is 5.56 Å². The van der Waals surface area contributed by atoms with Gasteiger partial charge in [-0.15, -0.1) is 0 Å². The monoisotopic (exact) mass is 404 g/mol. The molecule has 0 aliphatic carbocycles. The van der Waals surface area contributed by atoms with Crippen LogP contribution in [-0.2, 0) is 9.59 Å². The standard InChI is InChI=1S/C24H28N4O2/c1-16-4-7-19(8-5-16)22-23(30)27-24(26-22)10-12-28(13-11-24)15-21(29)25-20-9-6-17(2)18(3)14-20/h4-9,14H,10-13,15H2,1-3H3,(H,25,29)(H,27,30). The van der Waals surface area contributed by atoms with Crippen LogP contribution in [0.5, 0.6) is 0 Å². The van der Waals surface area contributed by atoms with Gasteiger partial charge in [0.2, 0.25) is 5.91 Å². The fourth-order valence-electron chi connectivity index (χ4n) is 4.01. The van der Waals surface area contributed by atoms with Crippen LogP contribution in [0.2, 0.25) is 0 Å². The molecular formula is C24H28N4O2. The quantitative estimate of drug-likeness (QED) is 0.823.